The number of ketones is 1. The quantitative estimate of drug-likeness (QED) is 0.209. The van der Waals surface area contributed by atoms with E-state index in [4.69, 9.17) is 24.8 Å². The van der Waals surface area contributed by atoms with Gasteiger partial charge < -0.3 is 50.3 Å². The number of hydrogen-bond donors (Lipinski definition) is 8. The zero-order chi connectivity index (χ0) is 17.7. The van der Waals surface area contributed by atoms with Crippen LogP contribution in [0.2, 0.25) is 0 Å². The lowest BCUT2D eigenvalue weighted by Gasteiger charge is -2.41. The van der Waals surface area contributed by atoms with Crippen LogP contribution in [0.5, 0.6) is 0 Å². The summed E-state index contributed by atoms with van der Waals surface area (Å²) in [5, 5.41) is 75.1. The second kappa shape index (κ2) is 8.94. The van der Waals surface area contributed by atoms with Gasteiger partial charge in [-0.3, -0.25) is 4.79 Å². The number of carbonyl (C=O) groups excluding carboxylic acids is 1. The molecule has 0 spiro atoms. The molecule has 0 radical (unpaired) electrons. The lowest BCUT2D eigenvalue weighted by Crippen LogP contribution is -2.61. The predicted molar refractivity (Wildman–Crippen MR) is 69.8 cm³/mol. The molecule has 0 aromatic carbocycles. The molecule has 11 heteroatoms. The summed E-state index contributed by atoms with van der Waals surface area (Å²) in [6.45, 7) is -2.71. The lowest BCUT2D eigenvalue weighted by atomic mass is 9.98. The van der Waals surface area contributed by atoms with Gasteiger partial charge in [0.25, 0.3) is 0 Å². The van der Waals surface area contributed by atoms with E-state index in [1.54, 1.807) is 0 Å². The third-order valence-corrected chi connectivity index (χ3v) is 3.50. The molecule has 0 unspecified atom stereocenters. The number of rotatable bonds is 8. The molecule has 0 aliphatic carbocycles. The van der Waals surface area contributed by atoms with Gasteiger partial charge in [-0.05, 0) is 0 Å². The van der Waals surface area contributed by atoms with Crippen molar-refractivity contribution in [3.63, 3.8) is 0 Å². The van der Waals surface area contributed by atoms with E-state index < -0.39 is 74.6 Å². The Bertz CT molecular complexity index is 376. The van der Waals surface area contributed by atoms with Gasteiger partial charge in [-0.15, -0.1) is 0 Å². The van der Waals surface area contributed by atoms with E-state index in [2.05, 4.69) is 0 Å². The average Bonchev–Trinajstić information content (AvgIpc) is 2.57. The van der Waals surface area contributed by atoms with Crippen LogP contribution < -0.4 is 0 Å². The van der Waals surface area contributed by atoms with Crippen molar-refractivity contribution in [2.24, 2.45) is 0 Å². The minimum Gasteiger partial charge on any atom is -0.394 e. The summed E-state index contributed by atoms with van der Waals surface area (Å²) < 4.78 is 10.1. The molecular weight excluding hydrogens is 320 g/mol. The van der Waals surface area contributed by atoms with E-state index in [9.17, 15) is 30.3 Å². The van der Waals surface area contributed by atoms with Crippen molar-refractivity contribution in [3.8, 4) is 0 Å². The smallest absolute Gasteiger partial charge is 0.189 e. The van der Waals surface area contributed by atoms with Crippen molar-refractivity contribution in [2.45, 2.75) is 49.0 Å². The Labute approximate surface area is 130 Å². The van der Waals surface area contributed by atoms with E-state index in [0.29, 0.717) is 0 Å². The monoisotopic (exact) mass is 342 g/mol. The largest absolute Gasteiger partial charge is 0.394 e. The third kappa shape index (κ3) is 4.64. The normalized spacial score (nSPS) is 35.6. The van der Waals surface area contributed by atoms with Crippen LogP contribution in [0.3, 0.4) is 0 Å². The SMILES string of the molecule is O=C(CO)[C@@H](O)[C@@H](O[C@@H]1O[C@H](CO)[C@H](O)[C@H](O)[C@H]1O)[C@H](O)CO. The number of aliphatic hydroxyl groups is 8. The highest BCUT2D eigenvalue weighted by molar-refractivity contribution is 5.84. The molecular formula is C12H22O11. The summed E-state index contributed by atoms with van der Waals surface area (Å²) in [6, 6.07) is 0. The molecule has 0 aromatic heterocycles. The van der Waals surface area contributed by atoms with Gasteiger partial charge in [-0.25, -0.2) is 0 Å². The van der Waals surface area contributed by atoms with Gasteiger partial charge in [-0.2, -0.15) is 0 Å². The zero-order valence-corrected chi connectivity index (χ0v) is 12.0. The highest BCUT2D eigenvalue weighted by Crippen LogP contribution is 2.24. The minimum atomic E-state index is -2.05. The maximum absolute atomic E-state index is 11.3. The lowest BCUT2D eigenvalue weighted by molar-refractivity contribution is -0.323. The number of carbonyl (C=O) groups is 1. The summed E-state index contributed by atoms with van der Waals surface area (Å²) in [5.74, 6) is -1.12. The first-order chi connectivity index (χ1) is 10.8. The summed E-state index contributed by atoms with van der Waals surface area (Å²) in [5.41, 5.74) is 0. The summed E-state index contributed by atoms with van der Waals surface area (Å²) in [4.78, 5) is 11.3. The molecule has 8 N–H and O–H groups in total. The van der Waals surface area contributed by atoms with E-state index in [1.165, 1.54) is 0 Å². The van der Waals surface area contributed by atoms with Crippen molar-refractivity contribution in [3.05, 3.63) is 0 Å². The van der Waals surface area contributed by atoms with E-state index >= 15 is 0 Å². The van der Waals surface area contributed by atoms with Gasteiger partial charge in [0.2, 0.25) is 0 Å². The molecule has 0 amide bonds. The maximum Gasteiger partial charge on any atom is 0.189 e. The Morgan fingerprint density at radius 2 is 1.65 bits per heavy atom. The van der Waals surface area contributed by atoms with Crippen molar-refractivity contribution < 1.29 is 55.1 Å². The summed E-state index contributed by atoms with van der Waals surface area (Å²) in [7, 11) is 0. The molecule has 1 aliphatic rings. The molecule has 11 nitrogen and oxygen atoms in total. The van der Waals surface area contributed by atoms with Crippen LogP contribution in [0.15, 0.2) is 0 Å². The fraction of sp³-hybridized carbons (Fsp3) is 0.917. The standard InChI is InChI=1S/C12H22O11/c13-1-4(16)7(18)11(5(17)2-14)23-12-10(21)9(20)8(19)6(3-15)22-12/h5-15,17-21H,1-3H2/t5-,6-,7-,8+,9+,10-,11+,12+/m1/s1. The fourth-order valence-electron chi connectivity index (χ4n) is 2.09. The van der Waals surface area contributed by atoms with Crippen molar-refractivity contribution in [1.82, 2.24) is 0 Å². The van der Waals surface area contributed by atoms with Crippen molar-refractivity contribution in [1.29, 1.82) is 0 Å². The van der Waals surface area contributed by atoms with E-state index in [-0.39, 0.29) is 0 Å². The molecule has 0 aromatic rings. The van der Waals surface area contributed by atoms with E-state index in [0.717, 1.165) is 0 Å². The average molecular weight is 342 g/mol. The first-order valence-corrected chi connectivity index (χ1v) is 6.85. The highest BCUT2D eigenvalue weighted by Gasteiger charge is 2.46. The van der Waals surface area contributed by atoms with Crippen LogP contribution in [0.25, 0.3) is 0 Å². The molecule has 1 saturated heterocycles. The summed E-state index contributed by atoms with van der Waals surface area (Å²) in [6.07, 6.45) is -13.8. The van der Waals surface area contributed by atoms with Gasteiger partial charge in [-0.1, -0.05) is 0 Å². The van der Waals surface area contributed by atoms with Gasteiger partial charge in [0.15, 0.2) is 12.1 Å². The third-order valence-electron chi connectivity index (χ3n) is 3.50. The van der Waals surface area contributed by atoms with Gasteiger partial charge >= 0.3 is 0 Å². The predicted octanol–water partition coefficient (Wildman–Crippen LogP) is -5.55. The van der Waals surface area contributed by atoms with Gasteiger partial charge in [0.05, 0.1) is 13.2 Å². The Morgan fingerprint density at radius 1 is 1.04 bits per heavy atom. The highest BCUT2D eigenvalue weighted by atomic mass is 16.7. The molecule has 1 rings (SSSR count). The van der Waals surface area contributed by atoms with Crippen LogP contribution in [0.4, 0.5) is 0 Å². The topological polar surface area (TPSA) is 197 Å². The molecule has 1 heterocycles. The van der Waals surface area contributed by atoms with Crippen LogP contribution in [0.1, 0.15) is 0 Å². The number of aliphatic hydroxyl groups excluding tert-OH is 8. The molecule has 1 fully saturated rings. The van der Waals surface area contributed by atoms with Crippen molar-refractivity contribution >= 4 is 5.78 Å². The van der Waals surface area contributed by atoms with Crippen molar-refractivity contribution in [2.75, 3.05) is 19.8 Å². The number of ether oxygens (including phenoxy) is 2. The van der Waals surface area contributed by atoms with Crippen LogP contribution in [-0.2, 0) is 14.3 Å². The molecule has 136 valence electrons. The van der Waals surface area contributed by atoms with Crippen LogP contribution in [0, 0.1) is 0 Å². The second-order valence-electron chi connectivity index (χ2n) is 5.12. The van der Waals surface area contributed by atoms with Gasteiger partial charge in [0, 0.05) is 0 Å². The van der Waals surface area contributed by atoms with Gasteiger partial charge in [0.1, 0.15) is 49.3 Å². The Morgan fingerprint density at radius 3 is 2.13 bits per heavy atom. The fourth-order valence-corrected chi connectivity index (χ4v) is 2.09. The second-order valence-corrected chi connectivity index (χ2v) is 5.12. The number of Topliss-reactive ketones (excluding diaryl/α,β-unsaturated/α-hetero) is 1. The van der Waals surface area contributed by atoms with E-state index in [1.807, 2.05) is 0 Å². The van der Waals surface area contributed by atoms with Crippen LogP contribution >= 0.6 is 0 Å². The maximum atomic E-state index is 11.3. The molecule has 23 heavy (non-hydrogen) atoms. The Hall–Kier alpha value is -0.730. The number of hydrogen-bond acceptors (Lipinski definition) is 11. The molecule has 8 atom stereocenters. The zero-order valence-electron chi connectivity index (χ0n) is 12.0. The molecule has 1 aliphatic heterocycles. The van der Waals surface area contributed by atoms with Crippen LogP contribution in [-0.4, -0.2) is 115 Å². The molecule has 0 saturated carbocycles. The summed E-state index contributed by atoms with van der Waals surface area (Å²) >= 11 is 0. The molecule has 0 bridgehead atoms. The first-order valence-electron chi connectivity index (χ1n) is 6.85. The Kier molecular flexibility index (Phi) is 7.89. The minimum absolute atomic E-state index is 0.726. The Balaban J connectivity index is 2.91. The first kappa shape index (κ1) is 20.3.